The summed E-state index contributed by atoms with van der Waals surface area (Å²) in [4.78, 5) is 13.1. The van der Waals surface area contributed by atoms with Crippen molar-refractivity contribution in [2.45, 2.75) is 19.8 Å². The third-order valence-electron chi connectivity index (χ3n) is 2.12. The highest BCUT2D eigenvalue weighted by molar-refractivity contribution is 9.09. The van der Waals surface area contributed by atoms with E-state index in [9.17, 15) is 4.79 Å². The molecule has 1 amide bonds. The van der Waals surface area contributed by atoms with Crippen LogP contribution in [-0.2, 0) is 4.79 Å². The molecule has 11 heavy (non-hydrogen) atoms. The van der Waals surface area contributed by atoms with Gasteiger partial charge in [-0.3, -0.25) is 4.79 Å². The molecule has 1 unspecified atom stereocenters. The molecule has 1 saturated heterocycles. The maximum atomic E-state index is 11.2. The van der Waals surface area contributed by atoms with Crippen LogP contribution in [0, 0.1) is 5.92 Å². The first-order chi connectivity index (χ1) is 5.24. The lowest BCUT2D eigenvalue weighted by molar-refractivity contribution is -0.129. The van der Waals surface area contributed by atoms with Gasteiger partial charge in [-0.1, -0.05) is 22.9 Å². The van der Waals surface area contributed by atoms with Crippen molar-refractivity contribution in [3.05, 3.63) is 0 Å². The average Bonchev–Trinajstić information content (AvgIpc) is 2.03. The van der Waals surface area contributed by atoms with Gasteiger partial charge in [0.2, 0.25) is 5.91 Å². The van der Waals surface area contributed by atoms with E-state index in [1.807, 2.05) is 4.90 Å². The van der Waals surface area contributed by atoms with Crippen LogP contribution in [0.1, 0.15) is 19.8 Å². The van der Waals surface area contributed by atoms with Crippen molar-refractivity contribution in [2.24, 2.45) is 5.92 Å². The summed E-state index contributed by atoms with van der Waals surface area (Å²) in [5.74, 6) is 0.920. The zero-order chi connectivity index (χ0) is 8.27. The molecule has 0 aliphatic carbocycles. The van der Waals surface area contributed by atoms with Crippen LogP contribution in [0.4, 0.5) is 0 Å². The van der Waals surface area contributed by atoms with Crippen molar-refractivity contribution < 1.29 is 4.79 Å². The van der Waals surface area contributed by atoms with Crippen LogP contribution in [-0.4, -0.2) is 29.2 Å². The number of hydrogen-bond acceptors (Lipinski definition) is 1. The van der Waals surface area contributed by atoms with Crippen molar-refractivity contribution in [3.8, 4) is 0 Å². The normalized spacial score (nSPS) is 25.3. The summed E-state index contributed by atoms with van der Waals surface area (Å²) in [6, 6.07) is 0. The quantitative estimate of drug-likeness (QED) is 0.615. The third-order valence-corrected chi connectivity index (χ3v) is 2.60. The van der Waals surface area contributed by atoms with E-state index in [0.29, 0.717) is 11.2 Å². The summed E-state index contributed by atoms with van der Waals surface area (Å²) in [6.45, 7) is 4.10. The Morgan fingerprint density at radius 2 is 2.45 bits per heavy atom. The van der Waals surface area contributed by atoms with Crippen LogP contribution in [0.25, 0.3) is 0 Å². The van der Waals surface area contributed by atoms with Gasteiger partial charge in [-0.05, 0) is 18.8 Å². The second-order valence-electron chi connectivity index (χ2n) is 3.22. The molecule has 64 valence electrons. The zero-order valence-corrected chi connectivity index (χ0v) is 8.43. The topological polar surface area (TPSA) is 20.3 Å². The number of likely N-dealkylation sites (tertiary alicyclic amines) is 1. The first-order valence-electron chi connectivity index (χ1n) is 4.07. The van der Waals surface area contributed by atoms with Gasteiger partial charge in [0.1, 0.15) is 0 Å². The molecule has 0 bridgehead atoms. The number of amides is 1. The van der Waals surface area contributed by atoms with E-state index < -0.39 is 0 Å². The first kappa shape index (κ1) is 9.04. The maximum absolute atomic E-state index is 11.2. The summed E-state index contributed by atoms with van der Waals surface area (Å²) >= 11 is 3.18. The number of halogens is 1. The van der Waals surface area contributed by atoms with Crippen molar-refractivity contribution in [1.29, 1.82) is 0 Å². The molecule has 0 saturated carbocycles. The highest BCUT2D eigenvalue weighted by atomic mass is 79.9. The maximum Gasteiger partial charge on any atom is 0.233 e. The van der Waals surface area contributed by atoms with Crippen molar-refractivity contribution in [3.63, 3.8) is 0 Å². The standard InChI is InChI=1S/C8H14BrNO/c1-7-3-2-4-10(6-7)8(11)5-9/h7H,2-6H2,1H3. The van der Waals surface area contributed by atoms with E-state index in [-0.39, 0.29) is 5.91 Å². The molecule has 1 aliphatic heterocycles. The monoisotopic (exact) mass is 219 g/mol. The lowest BCUT2D eigenvalue weighted by Gasteiger charge is -2.30. The molecule has 1 aliphatic rings. The molecule has 2 nitrogen and oxygen atoms in total. The number of carbonyl (C=O) groups is 1. The van der Waals surface area contributed by atoms with Crippen LogP contribution in [0.15, 0.2) is 0 Å². The van der Waals surface area contributed by atoms with E-state index in [2.05, 4.69) is 22.9 Å². The largest absolute Gasteiger partial charge is 0.342 e. The molecule has 0 radical (unpaired) electrons. The Balaban J connectivity index is 2.39. The smallest absolute Gasteiger partial charge is 0.233 e. The summed E-state index contributed by atoms with van der Waals surface area (Å²) in [6.07, 6.45) is 2.44. The molecule has 1 atom stereocenters. The molecule has 1 rings (SSSR count). The van der Waals surface area contributed by atoms with Crippen LogP contribution < -0.4 is 0 Å². The Kier molecular flexibility index (Phi) is 3.37. The summed E-state index contributed by atoms with van der Waals surface area (Å²) in [5, 5.41) is 0.472. The zero-order valence-electron chi connectivity index (χ0n) is 6.85. The van der Waals surface area contributed by atoms with Crippen LogP contribution >= 0.6 is 15.9 Å². The SMILES string of the molecule is CC1CCCN(C(=O)CBr)C1. The first-order valence-corrected chi connectivity index (χ1v) is 5.20. The van der Waals surface area contributed by atoms with Gasteiger partial charge < -0.3 is 4.90 Å². The molecule has 1 fully saturated rings. The van der Waals surface area contributed by atoms with Crippen LogP contribution in [0.3, 0.4) is 0 Å². The Bertz CT molecular complexity index is 149. The fourth-order valence-corrected chi connectivity index (χ4v) is 1.86. The Hall–Kier alpha value is -0.0500. The van der Waals surface area contributed by atoms with Gasteiger partial charge in [0.15, 0.2) is 0 Å². The predicted molar refractivity (Wildman–Crippen MR) is 48.8 cm³/mol. The van der Waals surface area contributed by atoms with E-state index in [0.717, 1.165) is 13.1 Å². The molecule has 0 aromatic rings. The van der Waals surface area contributed by atoms with E-state index in [1.165, 1.54) is 12.8 Å². The summed E-state index contributed by atoms with van der Waals surface area (Å²) < 4.78 is 0. The highest BCUT2D eigenvalue weighted by Crippen LogP contribution is 2.15. The lowest BCUT2D eigenvalue weighted by atomic mass is 10.0. The number of rotatable bonds is 1. The minimum Gasteiger partial charge on any atom is -0.342 e. The molecular weight excluding hydrogens is 206 g/mol. The average molecular weight is 220 g/mol. The second kappa shape index (κ2) is 4.10. The predicted octanol–water partition coefficient (Wildman–Crippen LogP) is 1.64. The third kappa shape index (κ3) is 2.47. The molecule has 0 aromatic heterocycles. The summed E-state index contributed by atoms with van der Waals surface area (Å²) in [5.41, 5.74) is 0. The van der Waals surface area contributed by atoms with Gasteiger partial charge >= 0.3 is 0 Å². The van der Waals surface area contributed by atoms with Gasteiger partial charge in [0.05, 0.1) is 5.33 Å². The Morgan fingerprint density at radius 1 is 1.73 bits per heavy atom. The second-order valence-corrected chi connectivity index (χ2v) is 3.78. The Labute approximate surface area is 76.1 Å². The number of piperidine rings is 1. The molecule has 0 spiro atoms. The molecule has 0 N–H and O–H groups in total. The number of alkyl halides is 1. The Morgan fingerprint density at radius 3 is 3.00 bits per heavy atom. The van der Waals surface area contributed by atoms with Crippen molar-refractivity contribution in [1.82, 2.24) is 4.90 Å². The minimum absolute atomic E-state index is 0.233. The van der Waals surface area contributed by atoms with Gasteiger partial charge in [-0.2, -0.15) is 0 Å². The molecule has 3 heteroatoms. The number of hydrogen-bond donors (Lipinski definition) is 0. The van der Waals surface area contributed by atoms with Gasteiger partial charge in [0.25, 0.3) is 0 Å². The van der Waals surface area contributed by atoms with Gasteiger partial charge in [-0.25, -0.2) is 0 Å². The lowest BCUT2D eigenvalue weighted by Crippen LogP contribution is -2.39. The molecule has 1 heterocycles. The summed E-state index contributed by atoms with van der Waals surface area (Å²) in [7, 11) is 0. The van der Waals surface area contributed by atoms with Crippen LogP contribution in [0.5, 0.6) is 0 Å². The molecular formula is C8H14BrNO. The van der Waals surface area contributed by atoms with E-state index >= 15 is 0 Å². The number of carbonyl (C=O) groups excluding carboxylic acids is 1. The van der Waals surface area contributed by atoms with Gasteiger partial charge in [-0.15, -0.1) is 0 Å². The highest BCUT2D eigenvalue weighted by Gasteiger charge is 2.19. The van der Waals surface area contributed by atoms with Crippen LogP contribution in [0.2, 0.25) is 0 Å². The fraction of sp³-hybridized carbons (Fsp3) is 0.875. The van der Waals surface area contributed by atoms with Crippen molar-refractivity contribution in [2.75, 3.05) is 18.4 Å². The van der Waals surface area contributed by atoms with Crippen molar-refractivity contribution >= 4 is 21.8 Å². The molecule has 0 aromatic carbocycles. The van der Waals surface area contributed by atoms with E-state index in [1.54, 1.807) is 0 Å². The van der Waals surface area contributed by atoms with Gasteiger partial charge in [0, 0.05) is 13.1 Å². The van der Waals surface area contributed by atoms with E-state index in [4.69, 9.17) is 0 Å². The minimum atomic E-state index is 0.233. The number of nitrogens with zero attached hydrogens (tertiary/aromatic N) is 1. The fourth-order valence-electron chi connectivity index (χ4n) is 1.50.